The van der Waals surface area contributed by atoms with Gasteiger partial charge in [-0.15, -0.1) is 0 Å². The van der Waals surface area contributed by atoms with Gasteiger partial charge in [0, 0.05) is 24.8 Å². The maximum absolute atomic E-state index is 11.5. The molecule has 7 heteroatoms. The predicted octanol–water partition coefficient (Wildman–Crippen LogP) is 0.0137. The highest BCUT2D eigenvalue weighted by atomic mass is 16.4. The van der Waals surface area contributed by atoms with E-state index in [0.29, 0.717) is 25.2 Å². The molecule has 1 atom stereocenters. The number of aromatic nitrogens is 1. The zero-order chi connectivity index (χ0) is 15.3. The minimum Gasteiger partial charge on any atom is -0.503 e. The molecule has 0 aliphatic carbocycles. The molecule has 20 heavy (non-hydrogen) atoms. The number of carboxylic acids is 1. The zero-order valence-electron chi connectivity index (χ0n) is 11.6. The van der Waals surface area contributed by atoms with Crippen molar-refractivity contribution in [1.29, 1.82) is 0 Å². The zero-order valence-corrected chi connectivity index (χ0v) is 11.6. The normalized spacial score (nSPS) is 12.6. The summed E-state index contributed by atoms with van der Waals surface area (Å²) in [5.74, 6) is -1.50. The minimum atomic E-state index is -1.03. The number of nitrogens with zero attached hydrogens (tertiary/aromatic N) is 2. The Kier molecular flexibility index (Phi) is 5.72. The van der Waals surface area contributed by atoms with Crippen LogP contribution in [0.4, 0.5) is 0 Å². The Bertz CT molecular complexity index is 526. The molecule has 0 amide bonds. The van der Waals surface area contributed by atoms with Gasteiger partial charge in [0.15, 0.2) is 5.75 Å². The lowest BCUT2D eigenvalue weighted by molar-refractivity contribution is -0.141. The molecule has 0 aliphatic rings. The summed E-state index contributed by atoms with van der Waals surface area (Å²) >= 11 is 0. The highest BCUT2D eigenvalue weighted by Gasteiger charge is 2.20. The van der Waals surface area contributed by atoms with Crippen LogP contribution in [-0.4, -0.2) is 51.0 Å². The maximum atomic E-state index is 11.5. The number of aromatic hydroxyl groups is 1. The maximum Gasteiger partial charge on any atom is 0.326 e. The third kappa shape index (κ3) is 3.82. The summed E-state index contributed by atoms with van der Waals surface area (Å²) in [5.41, 5.74) is -0.0631. The van der Waals surface area contributed by atoms with Crippen LogP contribution in [0.5, 0.6) is 5.75 Å². The van der Waals surface area contributed by atoms with Gasteiger partial charge >= 0.3 is 5.97 Å². The lowest BCUT2D eigenvalue weighted by atomic mass is 10.2. The Morgan fingerprint density at radius 3 is 2.65 bits per heavy atom. The Balaban J connectivity index is 3.23. The van der Waals surface area contributed by atoms with Crippen LogP contribution in [-0.2, 0) is 11.3 Å². The molecule has 0 spiro atoms. The van der Waals surface area contributed by atoms with Crippen LogP contribution >= 0.6 is 0 Å². The third-order valence-corrected chi connectivity index (χ3v) is 3.06. The molecule has 0 aliphatic heterocycles. The Morgan fingerprint density at radius 2 is 2.15 bits per heavy atom. The molecule has 0 aromatic carbocycles. The molecule has 1 aromatic heterocycles. The van der Waals surface area contributed by atoms with Crippen LogP contribution in [0.1, 0.15) is 25.1 Å². The molecule has 0 fully saturated rings. The number of carbonyl (C=O) groups is 1. The number of rotatable bonds is 7. The monoisotopic (exact) mass is 284 g/mol. The molecule has 0 saturated heterocycles. The number of aliphatic hydroxyl groups is 1. The average Bonchev–Trinajstić information content (AvgIpc) is 2.35. The molecule has 0 radical (unpaired) electrons. The van der Waals surface area contributed by atoms with Gasteiger partial charge in [-0.25, -0.2) is 4.79 Å². The van der Waals surface area contributed by atoms with E-state index >= 15 is 0 Å². The van der Waals surface area contributed by atoms with E-state index in [1.165, 1.54) is 10.6 Å². The first-order chi connectivity index (χ1) is 9.40. The molecular formula is C13H20N2O5. The molecule has 3 N–H and O–H groups in total. The van der Waals surface area contributed by atoms with Crippen LogP contribution in [0, 0.1) is 0 Å². The second-order valence-corrected chi connectivity index (χ2v) is 4.65. The summed E-state index contributed by atoms with van der Waals surface area (Å²) in [4.78, 5) is 24.6. The van der Waals surface area contributed by atoms with Gasteiger partial charge in [-0.2, -0.15) is 0 Å². The number of aliphatic hydroxyl groups excluding tert-OH is 1. The Hall–Kier alpha value is -1.86. The van der Waals surface area contributed by atoms with Crippen molar-refractivity contribution in [3.05, 3.63) is 28.2 Å². The molecule has 1 aromatic rings. The van der Waals surface area contributed by atoms with Crippen molar-refractivity contribution < 1.29 is 20.1 Å². The second kappa shape index (κ2) is 7.06. The summed E-state index contributed by atoms with van der Waals surface area (Å²) in [7, 11) is 1.75. The van der Waals surface area contributed by atoms with Gasteiger partial charge in [0.05, 0.1) is 12.8 Å². The minimum absolute atomic E-state index is 0.0328. The first-order valence-electron chi connectivity index (χ1n) is 6.36. The van der Waals surface area contributed by atoms with Gasteiger partial charge in [0.2, 0.25) is 5.43 Å². The number of carboxylic acid groups (broad SMARTS) is 1. The number of hydrogen-bond acceptors (Lipinski definition) is 5. The molecule has 1 unspecified atom stereocenters. The first-order valence-corrected chi connectivity index (χ1v) is 6.36. The Morgan fingerprint density at radius 1 is 1.50 bits per heavy atom. The molecule has 112 valence electrons. The number of likely N-dealkylation sites (N-methyl/N-ethyl adjacent to an activating group) is 1. The summed E-state index contributed by atoms with van der Waals surface area (Å²) in [6.07, 6.45) is 1.49. The van der Waals surface area contributed by atoms with Crippen LogP contribution in [0.15, 0.2) is 17.1 Å². The van der Waals surface area contributed by atoms with Crippen molar-refractivity contribution >= 4 is 5.97 Å². The van der Waals surface area contributed by atoms with E-state index in [0.717, 1.165) is 6.20 Å². The van der Waals surface area contributed by atoms with Gasteiger partial charge in [0.25, 0.3) is 0 Å². The van der Waals surface area contributed by atoms with E-state index in [9.17, 15) is 19.8 Å². The fourth-order valence-electron chi connectivity index (χ4n) is 2.01. The van der Waals surface area contributed by atoms with Crippen molar-refractivity contribution in [2.45, 2.75) is 25.9 Å². The van der Waals surface area contributed by atoms with E-state index < -0.39 is 23.2 Å². The van der Waals surface area contributed by atoms with Crippen LogP contribution in [0.25, 0.3) is 0 Å². The molecule has 1 heterocycles. The SMILES string of the molecule is CCC(C(=O)O)n1cc(O)c(=O)cc1CN(C)CCO. The number of pyridine rings is 1. The largest absolute Gasteiger partial charge is 0.503 e. The summed E-state index contributed by atoms with van der Waals surface area (Å²) in [6, 6.07) is 0.383. The number of hydrogen-bond donors (Lipinski definition) is 3. The standard InChI is InChI=1S/C13H20N2O5/c1-3-10(13(19)20)15-8-12(18)11(17)6-9(15)7-14(2)4-5-16/h6,8,10,16,18H,3-5,7H2,1-2H3,(H,19,20). The predicted molar refractivity (Wildman–Crippen MR) is 72.8 cm³/mol. The van der Waals surface area contributed by atoms with Gasteiger partial charge < -0.3 is 19.9 Å². The Labute approximate surface area is 116 Å². The third-order valence-electron chi connectivity index (χ3n) is 3.06. The first kappa shape index (κ1) is 16.2. The molecule has 0 bridgehead atoms. The van der Waals surface area contributed by atoms with Crippen LogP contribution < -0.4 is 5.43 Å². The van der Waals surface area contributed by atoms with Crippen LogP contribution in [0.2, 0.25) is 0 Å². The lowest BCUT2D eigenvalue weighted by Crippen LogP contribution is -2.28. The molecular weight excluding hydrogens is 264 g/mol. The van der Waals surface area contributed by atoms with Crippen LogP contribution in [0.3, 0.4) is 0 Å². The van der Waals surface area contributed by atoms with Gasteiger partial charge in [-0.05, 0) is 13.5 Å². The van der Waals surface area contributed by atoms with E-state index in [2.05, 4.69) is 0 Å². The van der Waals surface area contributed by atoms with Gasteiger partial charge in [0.1, 0.15) is 6.04 Å². The topological polar surface area (TPSA) is 103 Å². The van der Waals surface area contributed by atoms with Crippen molar-refractivity contribution in [1.82, 2.24) is 9.47 Å². The van der Waals surface area contributed by atoms with Crippen molar-refractivity contribution in [2.24, 2.45) is 0 Å². The fourth-order valence-corrected chi connectivity index (χ4v) is 2.01. The molecule has 7 nitrogen and oxygen atoms in total. The fraction of sp³-hybridized carbons (Fsp3) is 0.538. The average molecular weight is 284 g/mol. The van der Waals surface area contributed by atoms with E-state index in [-0.39, 0.29) is 6.61 Å². The van der Waals surface area contributed by atoms with E-state index in [4.69, 9.17) is 5.11 Å². The smallest absolute Gasteiger partial charge is 0.326 e. The summed E-state index contributed by atoms with van der Waals surface area (Å²) in [6.45, 7) is 2.39. The molecule has 1 rings (SSSR count). The second-order valence-electron chi connectivity index (χ2n) is 4.65. The summed E-state index contributed by atoms with van der Waals surface area (Å²) in [5, 5.41) is 27.6. The summed E-state index contributed by atoms with van der Waals surface area (Å²) < 4.78 is 1.40. The highest BCUT2D eigenvalue weighted by Crippen LogP contribution is 2.18. The number of aliphatic carboxylic acids is 1. The van der Waals surface area contributed by atoms with Crippen molar-refractivity contribution in [2.75, 3.05) is 20.2 Å². The van der Waals surface area contributed by atoms with Gasteiger partial charge in [-0.3, -0.25) is 9.69 Å². The van der Waals surface area contributed by atoms with E-state index in [1.807, 2.05) is 0 Å². The van der Waals surface area contributed by atoms with Crippen molar-refractivity contribution in [3.8, 4) is 5.75 Å². The lowest BCUT2D eigenvalue weighted by Gasteiger charge is -2.23. The van der Waals surface area contributed by atoms with Crippen molar-refractivity contribution in [3.63, 3.8) is 0 Å². The quantitative estimate of drug-likeness (QED) is 0.652. The molecule has 0 saturated carbocycles. The van der Waals surface area contributed by atoms with E-state index in [1.54, 1.807) is 18.9 Å². The highest BCUT2D eigenvalue weighted by molar-refractivity contribution is 5.72. The van der Waals surface area contributed by atoms with Gasteiger partial charge in [-0.1, -0.05) is 6.92 Å².